The van der Waals surface area contributed by atoms with Crippen molar-refractivity contribution < 1.29 is 9.90 Å². The van der Waals surface area contributed by atoms with Gasteiger partial charge in [0.2, 0.25) is 5.91 Å². The summed E-state index contributed by atoms with van der Waals surface area (Å²) in [6.07, 6.45) is 5.91. The van der Waals surface area contributed by atoms with Gasteiger partial charge in [-0.15, -0.1) is 0 Å². The lowest BCUT2D eigenvalue weighted by molar-refractivity contribution is -0.116. The van der Waals surface area contributed by atoms with Crippen molar-refractivity contribution in [2.75, 3.05) is 6.54 Å². The van der Waals surface area contributed by atoms with Gasteiger partial charge in [0.25, 0.3) is 0 Å². The summed E-state index contributed by atoms with van der Waals surface area (Å²) < 4.78 is 0.669. The maximum Gasteiger partial charge on any atom is 0.244 e. The number of hydrogen-bond donors (Lipinski definition) is 3. The van der Waals surface area contributed by atoms with Crippen LogP contribution in [0, 0.1) is 16.0 Å². The normalized spacial score (nSPS) is 19.1. The van der Waals surface area contributed by atoms with Gasteiger partial charge in [-0.2, -0.15) is 0 Å². The van der Waals surface area contributed by atoms with Crippen molar-refractivity contribution in [3.63, 3.8) is 0 Å². The summed E-state index contributed by atoms with van der Waals surface area (Å²) in [4.78, 5) is 15.1. The molecule has 2 rings (SSSR count). The number of fused-ring (bicyclic) bond motifs is 1. The number of aryl methyl sites for hydroxylation is 1. The zero-order valence-electron chi connectivity index (χ0n) is 15.0. The van der Waals surface area contributed by atoms with E-state index >= 15 is 0 Å². The van der Waals surface area contributed by atoms with Crippen molar-refractivity contribution >= 4 is 24.2 Å². The monoisotopic (exact) mass is 348 g/mol. The molecule has 0 saturated heterocycles. The van der Waals surface area contributed by atoms with Gasteiger partial charge >= 0.3 is 0 Å². The zero-order chi connectivity index (χ0) is 17.9. The number of aliphatic hydroxyl groups is 1. The van der Waals surface area contributed by atoms with E-state index in [-0.39, 0.29) is 12.5 Å². The molecule has 2 atom stereocenters. The predicted molar refractivity (Wildman–Crippen MR) is 100 cm³/mol. The summed E-state index contributed by atoms with van der Waals surface area (Å²) in [5, 5.41) is 11.8. The predicted octanol–water partition coefficient (Wildman–Crippen LogP) is 3.41. The highest BCUT2D eigenvalue weighted by Crippen LogP contribution is 2.37. The molecule has 0 spiro atoms. The number of nitrogens with one attached hydrogen (secondary N) is 2. The third-order valence-electron chi connectivity index (χ3n) is 4.66. The number of carbonyl (C=O) groups is 1. The summed E-state index contributed by atoms with van der Waals surface area (Å²) in [5.74, 6) is 0.427. The number of rotatable bonds is 4. The van der Waals surface area contributed by atoms with Crippen LogP contribution in [-0.4, -0.2) is 28.6 Å². The number of amides is 1. The van der Waals surface area contributed by atoms with E-state index in [1.54, 1.807) is 13.0 Å². The molecule has 1 aromatic rings. The summed E-state index contributed by atoms with van der Waals surface area (Å²) in [7, 11) is 0. The molecule has 1 heterocycles. The molecule has 2 unspecified atom stereocenters. The van der Waals surface area contributed by atoms with Gasteiger partial charge in [-0.1, -0.05) is 33.0 Å². The number of carbonyl (C=O) groups excluding carboxylic acids is 1. The molecule has 0 radical (unpaired) electrons. The van der Waals surface area contributed by atoms with Crippen molar-refractivity contribution in [2.45, 2.75) is 53.1 Å². The van der Waals surface area contributed by atoms with Gasteiger partial charge in [0.1, 0.15) is 4.64 Å². The SMILES string of the molecule is CC(O)CNC(=O)/C=C/c1cc2c([nH]c1=S)CCC(C(C)(C)C)C2. The second-order valence-corrected chi connectivity index (χ2v) is 8.20. The van der Waals surface area contributed by atoms with Crippen molar-refractivity contribution in [3.05, 3.63) is 33.6 Å². The Morgan fingerprint density at radius 2 is 2.25 bits per heavy atom. The molecule has 0 fully saturated rings. The van der Waals surface area contributed by atoms with E-state index in [1.807, 2.05) is 0 Å². The lowest BCUT2D eigenvalue weighted by Crippen LogP contribution is -2.29. The lowest BCUT2D eigenvalue weighted by Gasteiger charge is -2.35. The summed E-state index contributed by atoms with van der Waals surface area (Å²) in [6.45, 7) is 8.76. The molecule has 5 heteroatoms. The molecule has 1 aromatic heterocycles. The van der Waals surface area contributed by atoms with Crippen molar-refractivity contribution in [1.29, 1.82) is 0 Å². The minimum Gasteiger partial charge on any atom is -0.392 e. The first kappa shape index (κ1) is 18.9. The Labute approximate surface area is 149 Å². The molecule has 0 aromatic carbocycles. The van der Waals surface area contributed by atoms with Crippen LogP contribution in [0.4, 0.5) is 0 Å². The second kappa shape index (κ2) is 7.62. The highest BCUT2D eigenvalue weighted by molar-refractivity contribution is 7.71. The molecule has 132 valence electrons. The molecule has 1 aliphatic rings. The first-order valence-corrected chi connectivity index (χ1v) is 8.96. The van der Waals surface area contributed by atoms with Gasteiger partial charge < -0.3 is 15.4 Å². The third kappa shape index (κ3) is 5.02. The van der Waals surface area contributed by atoms with E-state index in [4.69, 9.17) is 12.2 Å². The van der Waals surface area contributed by atoms with Crippen LogP contribution in [0.25, 0.3) is 6.08 Å². The number of aromatic nitrogens is 1. The highest BCUT2D eigenvalue weighted by atomic mass is 32.1. The molecule has 1 amide bonds. The first-order chi connectivity index (χ1) is 11.2. The van der Waals surface area contributed by atoms with E-state index in [0.29, 0.717) is 16.0 Å². The average molecular weight is 349 g/mol. The highest BCUT2D eigenvalue weighted by Gasteiger charge is 2.29. The largest absolute Gasteiger partial charge is 0.392 e. The van der Waals surface area contributed by atoms with Gasteiger partial charge in [-0.3, -0.25) is 4.79 Å². The number of pyridine rings is 1. The van der Waals surface area contributed by atoms with E-state index in [0.717, 1.165) is 18.4 Å². The van der Waals surface area contributed by atoms with Gasteiger partial charge in [-0.05, 0) is 55.2 Å². The molecule has 0 saturated carbocycles. The number of aliphatic hydroxyl groups excluding tert-OH is 1. The Morgan fingerprint density at radius 3 is 2.88 bits per heavy atom. The zero-order valence-corrected chi connectivity index (χ0v) is 15.8. The van der Waals surface area contributed by atoms with Crippen LogP contribution >= 0.6 is 12.2 Å². The van der Waals surface area contributed by atoms with E-state index in [1.165, 1.54) is 23.8 Å². The van der Waals surface area contributed by atoms with Crippen molar-refractivity contribution in [3.8, 4) is 0 Å². The molecule has 0 bridgehead atoms. The van der Waals surface area contributed by atoms with Crippen LogP contribution < -0.4 is 5.32 Å². The van der Waals surface area contributed by atoms with Crippen molar-refractivity contribution in [2.24, 2.45) is 11.3 Å². The number of hydrogen-bond acceptors (Lipinski definition) is 3. The molecular formula is C19H28N2O2S. The number of aromatic amines is 1. The Balaban J connectivity index is 2.16. The fourth-order valence-electron chi connectivity index (χ4n) is 3.06. The number of H-pyrrole nitrogens is 1. The quantitative estimate of drug-likeness (QED) is 0.577. The van der Waals surface area contributed by atoms with Gasteiger partial charge in [0, 0.05) is 23.9 Å². The Morgan fingerprint density at radius 1 is 1.54 bits per heavy atom. The van der Waals surface area contributed by atoms with E-state index in [2.05, 4.69) is 37.1 Å². The van der Waals surface area contributed by atoms with Crippen LogP contribution in [0.5, 0.6) is 0 Å². The molecule has 24 heavy (non-hydrogen) atoms. The maximum atomic E-state index is 11.8. The van der Waals surface area contributed by atoms with E-state index in [9.17, 15) is 9.90 Å². The smallest absolute Gasteiger partial charge is 0.244 e. The third-order valence-corrected chi connectivity index (χ3v) is 5.00. The Bertz CT molecular complexity index is 684. The minimum absolute atomic E-state index is 0.226. The fourth-order valence-corrected chi connectivity index (χ4v) is 3.31. The average Bonchev–Trinajstić information content (AvgIpc) is 2.49. The molecular weight excluding hydrogens is 320 g/mol. The standard InChI is InChI=1S/C19H28N2O2S/c1-12(22)11-20-17(23)8-5-13-9-14-10-15(19(2,3)4)6-7-16(14)21-18(13)24/h5,8-9,12,15,22H,6-7,10-11H2,1-4H3,(H,20,23)(H,21,24)/b8-5+. The van der Waals surface area contributed by atoms with Gasteiger partial charge in [0.15, 0.2) is 0 Å². The van der Waals surface area contributed by atoms with E-state index < -0.39 is 6.10 Å². The molecule has 1 aliphatic carbocycles. The van der Waals surface area contributed by atoms with Crippen LogP contribution in [-0.2, 0) is 17.6 Å². The second-order valence-electron chi connectivity index (χ2n) is 7.79. The summed E-state index contributed by atoms with van der Waals surface area (Å²) in [6, 6.07) is 2.12. The van der Waals surface area contributed by atoms with Crippen LogP contribution in [0.3, 0.4) is 0 Å². The molecule has 0 aliphatic heterocycles. The molecule has 3 N–H and O–H groups in total. The topological polar surface area (TPSA) is 65.1 Å². The lowest BCUT2D eigenvalue weighted by atomic mass is 9.71. The van der Waals surface area contributed by atoms with Crippen molar-refractivity contribution in [1.82, 2.24) is 10.3 Å². The van der Waals surface area contributed by atoms with Crippen LogP contribution in [0.15, 0.2) is 12.1 Å². The Hall–Kier alpha value is -1.46. The van der Waals surface area contributed by atoms with Crippen LogP contribution in [0.1, 0.15) is 50.9 Å². The molecule has 4 nitrogen and oxygen atoms in total. The first-order valence-electron chi connectivity index (χ1n) is 8.56. The fraction of sp³-hybridized carbons (Fsp3) is 0.579. The maximum absolute atomic E-state index is 11.8. The minimum atomic E-state index is -0.553. The van der Waals surface area contributed by atoms with Gasteiger partial charge in [0.05, 0.1) is 6.10 Å². The Kier molecular flexibility index (Phi) is 5.99. The summed E-state index contributed by atoms with van der Waals surface area (Å²) in [5.41, 5.74) is 3.70. The van der Waals surface area contributed by atoms with Crippen LogP contribution in [0.2, 0.25) is 0 Å². The van der Waals surface area contributed by atoms with Gasteiger partial charge in [-0.25, -0.2) is 0 Å². The summed E-state index contributed by atoms with van der Waals surface area (Å²) >= 11 is 5.42.